The summed E-state index contributed by atoms with van der Waals surface area (Å²) in [6.45, 7) is 6.38. The van der Waals surface area contributed by atoms with Crippen LogP contribution in [0.4, 0.5) is 5.69 Å². The second-order valence-corrected chi connectivity index (χ2v) is 9.87. The zero-order valence-electron chi connectivity index (χ0n) is 23.5. The molecule has 1 fully saturated rings. The fourth-order valence-electron chi connectivity index (χ4n) is 5.23. The molecule has 2 heterocycles. The first-order valence-electron chi connectivity index (χ1n) is 13.3. The predicted molar refractivity (Wildman–Crippen MR) is 156 cm³/mol. The first kappa shape index (κ1) is 27.1. The lowest BCUT2D eigenvalue weighted by Crippen LogP contribution is -2.51. The third-order valence-electron chi connectivity index (χ3n) is 7.47. The van der Waals surface area contributed by atoms with Crippen LogP contribution in [-0.4, -0.2) is 67.9 Å². The number of ether oxygens (including phenoxy) is 3. The van der Waals surface area contributed by atoms with E-state index in [2.05, 4.69) is 36.1 Å². The van der Waals surface area contributed by atoms with Crippen LogP contribution >= 0.6 is 0 Å². The van der Waals surface area contributed by atoms with Crippen LogP contribution in [0.5, 0.6) is 17.2 Å². The zero-order valence-corrected chi connectivity index (χ0v) is 23.5. The summed E-state index contributed by atoms with van der Waals surface area (Å²) >= 11 is 0. The van der Waals surface area contributed by atoms with Gasteiger partial charge in [0.25, 0.3) is 5.56 Å². The summed E-state index contributed by atoms with van der Waals surface area (Å²) in [4.78, 5) is 36.7. The van der Waals surface area contributed by atoms with Crippen molar-refractivity contribution < 1.29 is 19.0 Å². The molecule has 5 rings (SSSR count). The Morgan fingerprint density at radius 1 is 0.875 bits per heavy atom. The van der Waals surface area contributed by atoms with Crippen molar-refractivity contribution >= 4 is 22.5 Å². The van der Waals surface area contributed by atoms with Crippen LogP contribution in [-0.2, 0) is 4.79 Å². The Balaban J connectivity index is 1.53. The highest BCUT2D eigenvalue weighted by Crippen LogP contribution is 2.41. The van der Waals surface area contributed by atoms with E-state index in [1.807, 2.05) is 11.0 Å². The van der Waals surface area contributed by atoms with Gasteiger partial charge < -0.3 is 24.0 Å². The third-order valence-corrected chi connectivity index (χ3v) is 7.47. The summed E-state index contributed by atoms with van der Waals surface area (Å²) in [5, 5.41) is 0.447. The van der Waals surface area contributed by atoms with Gasteiger partial charge in [-0.25, -0.2) is 4.98 Å². The predicted octanol–water partition coefficient (Wildman–Crippen LogP) is 4.31. The summed E-state index contributed by atoms with van der Waals surface area (Å²) in [5.74, 6) is 1.51. The number of aryl methyl sites for hydroxylation is 1. The Bertz CT molecular complexity index is 1570. The van der Waals surface area contributed by atoms with Crippen molar-refractivity contribution in [2.75, 3.05) is 52.4 Å². The number of anilines is 1. The molecule has 40 heavy (non-hydrogen) atoms. The number of carbonyl (C=O) groups excluding carboxylic acids is 1. The molecule has 0 bridgehead atoms. The Hall–Kier alpha value is -4.53. The fraction of sp³-hybridized carbons (Fsp3) is 0.323. The summed E-state index contributed by atoms with van der Waals surface area (Å²) in [6.07, 6.45) is 0. The summed E-state index contributed by atoms with van der Waals surface area (Å²) < 4.78 is 18.1. The Labute approximate surface area is 233 Å². The maximum Gasteiger partial charge on any atom is 0.262 e. The number of aromatic nitrogens is 2. The molecule has 1 aliphatic heterocycles. The molecular weight excluding hydrogens is 508 g/mol. The van der Waals surface area contributed by atoms with E-state index < -0.39 is 6.04 Å². The SMILES string of the molecule is COc1cc(-c2nc3ccccc3c(=O)n2C(C)C(=O)N2CCN(c3ccc(C)cc3)CC2)cc(OC)c1OC. The van der Waals surface area contributed by atoms with Crippen LogP contribution in [0, 0.1) is 6.92 Å². The van der Waals surface area contributed by atoms with E-state index in [9.17, 15) is 9.59 Å². The molecule has 0 radical (unpaired) electrons. The molecule has 1 atom stereocenters. The van der Waals surface area contributed by atoms with E-state index in [1.54, 1.807) is 37.3 Å². The number of carbonyl (C=O) groups is 1. The molecule has 0 spiro atoms. The van der Waals surface area contributed by atoms with E-state index in [4.69, 9.17) is 19.2 Å². The van der Waals surface area contributed by atoms with E-state index in [1.165, 1.54) is 31.5 Å². The van der Waals surface area contributed by atoms with Gasteiger partial charge in [0.15, 0.2) is 11.5 Å². The molecule has 0 saturated carbocycles. The van der Waals surface area contributed by atoms with Crippen molar-refractivity contribution in [1.29, 1.82) is 0 Å². The Morgan fingerprint density at radius 2 is 1.50 bits per heavy atom. The molecule has 1 saturated heterocycles. The van der Waals surface area contributed by atoms with Gasteiger partial charge in [-0.15, -0.1) is 0 Å². The van der Waals surface area contributed by atoms with Crippen molar-refractivity contribution in [3.63, 3.8) is 0 Å². The fourth-order valence-corrected chi connectivity index (χ4v) is 5.23. The normalized spacial score (nSPS) is 14.2. The lowest BCUT2D eigenvalue weighted by molar-refractivity contribution is -0.134. The van der Waals surface area contributed by atoms with Gasteiger partial charge in [0, 0.05) is 37.4 Å². The van der Waals surface area contributed by atoms with Gasteiger partial charge in [0.05, 0.1) is 32.2 Å². The van der Waals surface area contributed by atoms with Crippen LogP contribution in [0.2, 0.25) is 0 Å². The first-order valence-corrected chi connectivity index (χ1v) is 13.3. The highest BCUT2D eigenvalue weighted by atomic mass is 16.5. The number of amides is 1. The van der Waals surface area contributed by atoms with Crippen LogP contribution < -0.4 is 24.7 Å². The highest BCUT2D eigenvalue weighted by molar-refractivity contribution is 5.84. The van der Waals surface area contributed by atoms with Crippen LogP contribution in [0.25, 0.3) is 22.3 Å². The van der Waals surface area contributed by atoms with Gasteiger partial charge in [-0.3, -0.25) is 14.2 Å². The van der Waals surface area contributed by atoms with Crippen molar-refractivity contribution in [1.82, 2.24) is 14.5 Å². The molecule has 1 amide bonds. The van der Waals surface area contributed by atoms with Gasteiger partial charge in [-0.1, -0.05) is 29.8 Å². The molecule has 0 aliphatic carbocycles. The number of para-hydroxylation sites is 1. The standard InChI is InChI=1S/C31H34N4O5/c1-20-10-12-23(13-11-20)33-14-16-34(17-15-33)30(36)21(2)35-29(32-25-9-7-6-8-24(25)31(35)37)22-18-26(38-3)28(40-5)27(19-22)39-4/h6-13,18-19,21H,14-17H2,1-5H3. The molecule has 1 aliphatic rings. The maximum absolute atomic E-state index is 13.9. The molecule has 9 heteroatoms. The summed E-state index contributed by atoms with van der Waals surface area (Å²) in [7, 11) is 4.60. The van der Waals surface area contributed by atoms with Crippen molar-refractivity contribution in [2.45, 2.75) is 19.9 Å². The minimum Gasteiger partial charge on any atom is -0.493 e. The monoisotopic (exact) mass is 542 g/mol. The second-order valence-electron chi connectivity index (χ2n) is 9.87. The lowest BCUT2D eigenvalue weighted by atomic mass is 10.1. The van der Waals surface area contributed by atoms with Crippen LogP contribution in [0.15, 0.2) is 65.5 Å². The number of piperazine rings is 1. The Morgan fingerprint density at radius 3 is 2.10 bits per heavy atom. The minimum atomic E-state index is -0.787. The molecule has 4 aromatic rings. The van der Waals surface area contributed by atoms with Crippen LogP contribution in [0.3, 0.4) is 0 Å². The summed E-state index contributed by atoms with van der Waals surface area (Å²) in [6, 6.07) is 18.3. The van der Waals surface area contributed by atoms with E-state index in [-0.39, 0.29) is 11.5 Å². The molecule has 3 aromatic carbocycles. The molecular formula is C31H34N4O5. The van der Waals surface area contributed by atoms with Crippen molar-refractivity contribution in [3.8, 4) is 28.6 Å². The largest absolute Gasteiger partial charge is 0.493 e. The average molecular weight is 543 g/mol. The van der Waals surface area contributed by atoms with Gasteiger partial charge in [-0.2, -0.15) is 0 Å². The molecule has 1 unspecified atom stereocenters. The smallest absolute Gasteiger partial charge is 0.262 e. The number of fused-ring (bicyclic) bond motifs is 1. The number of methoxy groups -OCH3 is 3. The topological polar surface area (TPSA) is 86.1 Å². The molecule has 0 N–H and O–H groups in total. The number of hydrogen-bond donors (Lipinski definition) is 0. The molecule has 1 aromatic heterocycles. The maximum atomic E-state index is 13.9. The molecule has 208 valence electrons. The molecule has 9 nitrogen and oxygen atoms in total. The summed E-state index contributed by atoms with van der Waals surface area (Å²) in [5.41, 5.74) is 3.18. The number of rotatable bonds is 7. The quantitative estimate of drug-likeness (QED) is 0.344. The van der Waals surface area contributed by atoms with Gasteiger partial charge in [0.1, 0.15) is 11.9 Å². The minimum absolute atomic E-state index is 0.128. The van der Waals surface area contributed by atoms with E-state index in [0.29, 0.717) is 65.7 Å². The van der Waals surface area contributed by atoms with Crippen molar-refractivity contribution in [3.05, 3.63) is 76.6 Å². The van der Waals surface area contributed by atoms with E-state index in [0.717, 1.165) is 5.69 Å². The van der Waals surface area contributed by atoms with Gasteiger partial charge in [-0.05, 0) is 50.2 Å². The van der Waals surface area contributed by atoms with E-state index >= 15 is 0 Å². The van der Waals surface area contributed by atoms with Crippen LogP contribution in [0.1, 0.15) is 18.5 Å². The first-order chi connectivity index (χ1) is 19.4. The lowest BCUT2D eigenvalue weighted by Gasteiger charge is -2.37. The number of benzene rings is 3. The second kappa shape index (κ2) is 11.3. The van der Waals surface area contributed by atoms with Gasteiger partial charge >= 0.3 is 0 Å². The van der Waals surface area contributed by atoms with Crippen molar-refractivity contribution in [2.24, 2.45) is 0 Å². The zero-order chi connectivity index (χ0) is 28.4. The number of hydrogen-bond acceptors (Lipinski definition) is 7. The van der Waals surface area contributed by atoms with Gasteiger partial charge in [0.2, 0.25) is 11.7 Å². The Kier molecular flexibility index (Phi) is 7.64. The highest BCUT2D eigenvalue weighted by Gasteiger charge is 2.30. The number of nitrogens with zero attached hydrogens (tertiary/aromatic N) is 4. The third kappa shape index (κ3) is 4.95. The average Bonchev–Trinajstić information content (AvgIpc) is 3.00.